The zero-order valence-electron chi connectivity index (χ0n) is 15.4. The highest BCUT2D eigenvalue weighted by atomic mass is 32.1. The molecule has 1 aliphatic heterocycles. The van der Waals surface area contributed by atoms with Crippen molar-refractivity contribution in [2.75, 3.05) is 18.4 Å². The quantitative estimate of drug-likeness (QED) is 0.830. The van der Waals surface area contributed by atoms with Gasteiger partial charge in [-0.05, 0) is 43.6 Å². The van der Waals surface area contributed by atoms with Crippen LogP contribution in [0.5, 0.6) is 0 Å². The molecule has 6 heteroatoms. The molecule has 0 spiro atoms. The number of anilines is 1. The number of thiazole rings is 1. The van der Waals surface area contributed by atoms with Crippen molar-refractivity contribution < 1.29 is 9.59 Å². The lowest BCUT2D eigenvalue weighted by atomic mass is 9.90. The van der Waals surface area contributed by atoms with E-state index in [1.54, 1.807) is 0 Å². The number of benzene rings is 1. The number of hydrogen-bond donors (Lipinski definition) is 1. The van der Waals surface area contributed by atoms with Gasteiger partial charge in [-0.1, -0.05) is 30.3 Å². The molecule has 5 nitrogen and oxygen atoms in total. The number of piperidine rings is 1. The Hall–Kier alpha value is -2.21. The Bertz CT molecular complexity index is 793. The first-order chi connectivity index (χ1) is 13.2. The lowest BCUT2D eigenvalue weighted by Crippen LogP contribution is -2.39. The molecular formula is C21H25N3O2S. The number of hydrogen-bond acceptors (Lipinski definition) is 4. The number of carbonyl (C=O) groups excluding carboxylic acids is 2. The molecule has 1 aliphatic carbocycles. The van der Waals surface area contributed by atoms with E-state index in [4.69, 9.17) is 0 Å². The summed E-state index contributed by atoms with van der Waals surface area (Å²) in [5.41, 5.74) is 2.13. The van der Waals surface area contributed by atoms with Crippen molar-refractivity contribution in [3.8, 4) is 0 Å². The summed E-state index contributed by atoms with van der Waals surface area (Å²) in [4.78, 5) is 30.7. The van der Waals surface area contributed by atoms with Gasteiger partial charge < -0.3 is 10.2 Å². The van der Waals surface area contributed by atoms with Crippen LogP contribution in [0.4, 0.5) is 5.13 Å². The number of rotatable bonds is 6. The van der Waals surface area contributed by atoms with E-state index in [0.717, 1.165) is 50.9 Å². The second-order valence-electron chi connectivity index (χ2n) is 7.60. The molecule has 0 bridgehead atoms. The molecule has 27 heavy (non-hydrogen) atoms. The fraction of sp³-hybridized carbons (Fsp3) is 0.476. The van der Waals surface area contributed by atoms with Crippen LogP contribution < -0.4 is 5.32 Å². The fourth-order valence-corrected chi connectivity index (χ4v) is 4.31. The summed E-state index contributed by atoms with van der Waals surface area (Å²) in [6, 6.07) is 10.6. The van der Waals surface area contributed by atoms with Crippen LogP contribution in [0.1, 0.15) is 36.9 Å². The summed E-state index contributed by atoms with van der Waals surface area (Å²) in [6.07, 6.45) is 5.48. The number of aromatic nitrogens is 1. The largest absolute Gasteiger partial charge is 0.342 e. The Morgan fingerprint density at radius 1 is 1.11 bits per heavy atom. The van der Waals surface area contributed by atoms with E-state index in [1.807, 2.05) is 16.3 Å². The maximum Gasteiger partial charge on any atom is 0.229 e. The van der Waals surface area contributed by atoms with Gasteiger partial charge >= 0.3 is 0 Å². The average Bonchev–Trinajstić information content (AvgIpc) is 3.45. The van der Waals surface area contributed by atoms with Gasteiger partial charge in [0, 0.05) is 24.4 Å². The van der Waals surface area contributed by atoms with Crippen LogP contribution in [0.2, 0.25) is 0 Å². The molecule has 1 saturated carbocycles. The van der Waals surface area contributed by atoms with Crippen molar-refractivity contribution in [1.29, 1.82) is 0 Å². The van der Waals surface area contributed by atoms with Crippen LogP contribution in [0.3, 0.4) is 0 Å². The van der Waals surface area contributed by atoms with Gasteiger partial charge in [-0.3, -0.25) is 9.59 Å². The second-order valence-corrected chi connectivity index (χ2v) is 8.46. The molecule has 1 aromatic carbocycles. The van der Waals surface area contributed by atoms with Crippen molar-refractivity contribution >= 4 is 28.3 Å². The molecule has 0 radical (unpaired) electrons. The fourth-order valence-electron chi connectivity index (χ4n) is 3.60. The van der Waals surface area contributed by atoms with Crippen molar-refractivity contribution in [2.45, 2.75) is 38.5 Å². The smallest absolute Gasteiger partial charge is 0.229 e. The Morgan fingerprint density at radius 3 is 2.56 bits per heavy atom. The minimum absolute atomic E-state index is 0.0581. The van der Waals surface area contributed by atoms with Gasteiger partial charge in [-0.2, -0.15) is 0 Å². The molecule has 2 aromatic rings. The zero-order chi connectivity index (χ0) is 18.6. The second kappa shape index (κ2) is 8.21. The van der Waals surface area contributed by atoms with Crippen molar-refractivity contribution in [1.82, 2.24) is 9.88 Å². The Morgan fingerprint density at radius 2 is 1.85 bits per heavy atom. The SMILES string of the molecule is O=C(Nc1nc(CC(=O)N2CCC(Cc3ccccc3)CC2)cs1)C1CC1. The van der Waals surface area contributed by atoms with E-state index < -0.39 is 0 Å². The number of nitrogens with zero attached hydrogens (tertiary/aromatic N) is 2. The third-order valence-corrected chi connectivity index (χ3v) is 6.20. The van der Waals surface area contributed by atoms with Gasteiger partial charge in [0.05, 0.1) is 12.1 Å². The van der Waals surface area contributed by atoms with Crippen LogP contribution in [-0.4, -0.2) is 34.8 Å². The van der Waals surface area contributed by atoms with E-state index in [9.17, 15) is 9.59 Å². The third kappa shape index (κ3) is 4.95. The van der Waals surface area contributed by atoms with Gasteiger partial charge in [0.25, 0.3) is 0 Å². The third-order valence-electron chi connectivity index (χ3n) is 5.40. The molecule has 1 N–H and O–H groups in total. The minimum atomic E-state index is 0.0581. The summed E-state index contributed by atoms with van der Waals surface area (Å²) in [7, 11) is 0. The summed E-state index contributed by atoms with van der Waals surface area (Å²) in [5, 5.41) is 5.33. The Labute approximate surface area is 163 Å². The molecule has 4 rings (SSSR count). The van der Waals surface area contributed by atoms with Crippen molar-refractivity contribution in [3.05, 3.63) is 47.0 Å². The molecule has 1 aromatic heterocycles. The van der Waals surface area contributed by atoms with Gasteiger partial charge in [0.1, 0.15) is 0 Å². The maximum absolute atomic E-state index is 12.6. The number of likely N-dealkylation sites (tertiary alicyclic amines) is 1. The predicted molar refractivity (Wildman–Crippen MR) is 107 cm³/mol. The van der Waals surface area contributed by atoms with Gasteiger partial charge in [-0.25, -0.2) is 4.98 Å². The first-order valence-electron chi connectivity index (χ1n) is 9.74. The van der Waals surface area contributed by atoms with Gasteiger partial charge in [-0.15, -0.1) is 11.3 Å². The lowest BCUT2D eigenvalue weighted by molar-refractivity contribution is -0.131. The molecule has 2 fully saturated rings. The minimum Gasteiger partial charge on any atom is -0.342 e. The highest BCUT2D eigenvalue weighted by Crippen LogP contribution is 2.30. The summed E-state index contributed by atoms with van der Waals surface area (Å²) in [6.45, 7) is 1.65. The van der Waals surface area contributed by atoms with Gasteiger partial charge in [0.15, 0.2) is 5.13 Å². The van der Waals surface area contributed by atoms with Crippen LogP contribution in [0.25, 0.3) is 0 Å². The van der Waals surface area contributed by atoms with Crippen LogP contribution in [0.15, 0.2) is 35.7 Å². The Balaban J connectivity index is 1.23. The molecule has 2 aliphatic rings. The van der Waals surface area contributed by atoms with Crippen LogP contribution in [-0.2, 0) is 22.4 Å². The monoisotopic (exact) mass is 383 g/mol. The normalized spacial score (nSPS) is 17.7. The van der Waals surface area contributed by atoms with E-state index >= 15 is 0 Å². The molecule has 0 unspecified atom stereocenters. The van der Waals surface area contributed by atoms with Crippen molar-refractivity contribution in [3.63, 3.8) is 0 Å². The first kappa shape index (κ1) is 18.2. The standard InChI is InChI=1S/C21H25N3O2S/c25-19(13-18-14-27-21(22-18)23-20(26)17-6-7-17)24-10-8-16(9-11-24)12-15-4-2-1-3-5-15/h1-5,14,16-17H,6-13H2,(H,22,23,26). The number of carbonyl (C=O) groups is 2. The van der Waals surface area contributed by atoms with Crippen molar-refractivity contribution in [2.24, 2.45) is 11.8 Å². The van der Waals surface area contributed by atoms with E-state index in [-0.39, 0.29) is 17.7 Å². The van der Waals surface area contributed by atoms with Gasteiger partial charge in [0.2, 0.25) is 11.8 Å². The molecular weight excluding hydrogens is 358 g/mol. The summed E-state index contributed by atoms with van der Waals surface area (Å²) < 4.78 is 0. The summed E-state index contributed by atoms with van der Waals surface area (Å²) >= 11 is 1.40. The zero-order valence-corrected chi connectivity index (χ0v) is 16.2. The van der Waals surface area contributed by atoms with Crippen LogP contribution >= 0.6 is 11.3 Å². The molecule has 2 amide bonds. The highest BCUT2D eigenvalue weighted by molar-refractivity contribution is 7.13. The number of amides is 2. The molecule has 142 valence electrons. The lowest BCUT2D eigenvalue weighted by Gasteiger charge is -2.32. The van der Waals surface area contributed by atoms with E-state index in [1.165, 1.54) is 16.9 Å². The highest BCUT2D eigenvalue weighted by Gasteiger charge is 2.30. The molecule has 1 saturated heterocycles. The molecule has 0 atom stereocenters. The first-order valence-corrected chi connectivity index (χ1v) is 10.6. The maximum atomic E-state index is 12.6. The average molecular weight is 384 g/mol. The Kier molecular flexibility index (Phi) is 5.53. The topological polar surface area (TPSA) is 62.3 Å². The molecule has 2 heterocycles. The van der Waals surface area contributed by atoms with Crippen LogP contribution in [0, 0.1) is 11.8 Å². The summed E-state index contributed by atoms with van der Waals surface area (Å²) in [5.74, 6) is 1.01. The predicted octanol–water partition coefficient (Wildman–Crippen LogP) is 3.52. The van der Waals surface area contributed by atoms with E-state index in [2.05, 4.69) is 34.6 Å². The number of nitrogens with one attached hydrogen (secondary N) is 1. The van der Waals surface area contributed by atoms with E-state index in [0.29, 0.717) is 17.5 Å².